The van der Waals surface area contributed by atoms with Gasteiger partial charge < -0.3 is 14.8 Å². The molecule has 7 nitrogen and oxygen atoms in total. The van der Waals surface area contributed by atoms with Crippen molar-refractivity contribution >= 4 is 21.6 Å². The molecule has 180 valence electrons. The number of sulfonamides is 1. The minimum atomic E-state index is -4.09. The number of carbonyl (C=O) groups excluding carboxylic acids is 1. The Morgan fingerprint density at radius 3 is 2.03 bits per heavy atom. The molecular weight excluding hydrogens is 452 g/mol. The smallest absolute Gasteiger partial charge is 0.264 e. The van der Waals surface area contributed by atoms with Crippen LogP contribution >= 0.6 is 0 Å². The molecule has 8 heteroatoms. The van der Waals surface area contributed by atoms with Crippen LogP contribution in [0.15, 0.2) is 65.6 Å². The van der Waals surface area contributed by atoms with E-state index in [-0.39, 0.29) is 17.2 Å². The number of rotatable bonds is 9. The van der Waals surface area contributed by atoms with Crippen molar-refractivity contribution in [3.8, 4) is 11.5 Å². The van der Waals surface area contributed by atoms with Crippen LogP contribution in [0.5, 0.6) is 11.5 Å². The Balaban J connectivity index is 1.95. The largest absolute Gasteiger partial charge is 0.493 e. The molecule has 0 saturated heterocycles. The van der Waals surface area contributed by atoms with E-state index in [1.807, 2.05) is 51.1 Å². The molecule has 1 amide bonds. The predicted molar refractivity (Wildman–Crippen MR) is 133 cm³/mol. The van der Waals surface area contributed by atoms with Crippen LogP contribution in [-0.4, -0.2) is 35.1 Å². The van der Waals surface area contributed by atoms with E-state index in [0.717, 1.165) is 26.6 Å². The summed E-state index contributed by atoms with van der Waals surface area (Å²) in [7, 11) is -1.17. The van der Waals surface area contributed by atoms with Crippen LogP contribution in [0, 0.1) is 20.8 Å². The monoisotopic (exact) mass is 482 g/mol. The molecule has 0 spiro atoms. The van der Waals surface area contributed by atoms with E-state index in [0.29, 0.717) is 18.0 Å². The van der Waals surface area contributed by atoms with Gasteiger partial charge in [-0.2, -0.15) is 0 Å². The molecule has 0 aliphatic carbocycles. The highest BCUT2D eigenvalue weighted by molar-refractivity contribution is 7.92. The van der Waals surface area contributed by atoms with Gasteiger partial charge in [-0.1, -0.05) is 35.9 Å². The Hall–Kier alpha value is -3.52. The van der Waals surface area contributed by atoms with Crippen molar-refractivity contribution in [2.45, 2.75) is 32.2 Å². The van der Waals surface area contributed by atoms with E-state index in [9.17, 15) is 13.2 Å². The van der Waals surface area contributed by atoms with Gasteiger partial charge in [0.25, 0.3) is 10.0 Å². The number of carbonyl (C=O) groups is 1. The Labute approximate surface area is 201 Å². The number of aryl methyl sites for hydroxylation is 3. The van der Waals surface area contributed by atoms with Crippen LogP contribution in [0.1, 0.15) is 22.3 Å². The second-order valence-electron chi connectivity index (χ2n) is 8.14. The summed E-state index contributed by atoms with van der Waals surface area (Å²) in [5.74, 6) is 0.284. The van der Waals surface area contributed by atoms with Crippen LogP contribution in [0.3, 0.4) is 0 Å². The summed E-state index contributed by atoms with van der Waals surface area (Å²) in [6, 6.07) is 17.6. The molecule has 0 radical (unpaired) electrons. The average molecular weight is 483 g/mol. The molecule has 34 heavy (non-hydrogen) atoms. The number of methoxy groups -OCH3 is 2. The second-order valence-corrected chi connectivity index (χ2v) is 10.00. The summed E-state index contributed by atoms with van der Waals surface area (Å²) in [5.41, 5.74) is 4.25. The van der Waals surface area contributed by atoms with Gasteiger partial charge >= 0.3 is 0 Å². The lowest BCUT2D eigenvalue weighted by atomic mass is 10.1. The minimum Gasteiger partial charge on any atom is -0.493 e. The Kier molecular flexibility index (Phi) is 7.83. The van der Waals surface area contributed by atoms with E-state index < -0.39 is 15.9 Å². The van der Waals surface area contributed by atoms with Gasteiger partial charge in [-0.25, -0.2) is 8.42 Å². The minimum absolute atomic E-state index is 0.00403. The van der Waals surface area contributed by atoms with Gasteiger partial charge in [0.15, 0.2) is 11.5 Å². The number of amides is 1. The van der Waals surface area contributed by atoms with Gasteiger partial charge in [-0.15, -0.1) is 0 Å². The molecule has 3 rings (SSSR count). The molecular formula is C26H30N2O5S. The number of benzene rings is 3. The highest BCUT2D eigenvalue weighted by Crippen LogP contribution is 2.32. The van der Waals surface area contributed by atoms with Crippen LogP contribution in [0.2, 0.25) is 0 Å². The first-order chi connectivity index (χ1) is 16.1. The SMILES string of the molecule is COc1ccc(S(=O)(=O)N(CC(=O)NCc2ccc(C)cc2)c2cc(C)cc(C)c2)cc1OC. The number of ether oxygens (including phenoxy) is 2. The second kappa shape index (κ2) is 10.6. The predicted octanol–water partition coefficient (Wildman–Crippen LogP) is 4.14. The standard InChI is InChI=1S/C26H30N2O5S/c1-18-6-8-21(9-7-18)16-27-26(29)17-28(22-13-19(2)12-20(3)14-22)34(30,31)23-10-11-24(32-4)25(15-23)33-5/h6-15H,16-17H2,1-5H3,(H,27,29). The zero-order chi connectivity index (χ0) is 24.9. The topological polar surface area (TPSA) is 84.9 Å². The zero-order valence-electron chi connectivity index (χ0n) is 20.1. The maximum absolute atomic E-state index is 13.7. The van der Waals surface area contributed by atoms with Gasteiger partial charge in [-0.3, -0.25) is 9.10 Å². The van der Waals surface area contributed by atoms with Crippen molar-refractivity contribution in [3.63, 3.8) is 0 Å². The van der Waals surface area contributed by atoms with Crippen LogP contribution in [-0.2, 0) is 21.4 Å². The molecule has 0 heterocycles. The molecule has 1 N–H and O–H groups in total. The van der Waals surface area contributed by atoms with Crippen molar-refractivity contribution in [1.82, 2.24) is 5.32 Å². The van der Waals surface area contributed by atoms with Gasteiger partial charge in [0.2, 0.25) is 5.91 Å². The summed E-state index contributed by atoms with van der Waals surface area (Å²) in [5, 5.41) is 2.82. The molecule has 0 saturated carbocycles. The molecule has 0 aromatic heterocycles. The number of anilines is 1. The molecule has 3 aromatic rings. The fraction of sp³-hybridized carbons (Fsp3) is 0.269. The quantitative estimate of drug-likeness (QED) is 0.496. The first-order valence-corrected chi connectivity index (χ1v) is 12.2. The first kappa shape index (κ1) is 25.1. The van der Waals surface area contributed by atoms with Crippen molar-refractivity contribution in [3.05, 3.63) is 82.9 Å². The van der Waals surface area contributed by atoms with E-state index >= 15 is 0 Å². The number of hydrogen-bond acceptors (Lipinski definition) is 5. The molecule has 3 aromatic carbocycles. The Morgan fingerprint density at radius 1 is 0.824 bits per heavy atom. The summed E-state index contributed by atoms with van der Waals surface area (Å²) >= 11 is 0. The van der Waals surface area contributed by atoms with E-state index in [1.54, 1.807) is 12.1 Å². The van der Waals surface area contributed by atoms with E-state index in [2.05, 4.69) is 5.32 Å². The average Bonchev–Trinajstić information content (AvgIpc) is 2.80. The number of nitrogens with zero attached hydrogens (tertiary/aromatic N) is 1. The Bertz CT molecular complexity index is 1250. The Morgan fingerprint density at radius 2 is 1.44 bits per heavy atom. The maximum Gasteiger partial charge on any atom is 0.264 e. The summed E-state index contributed by atoms with van der Waals surface area (Å²) in [6.07, 6.45) is 0. The molecule has 0 bridgehead atoms. The summed E-state index contributed by atoms with van der Waals surface area (Å²) in [4.78, 5) is 12.9. The molecule has 0 atom stereocenters. The van der Waals surface area contributed by atoms with Crippen LogP contribution in [0.4, 0.5) is 5.69 Å². The molecule has 0 aliphatic rings. The number of nitrogens with one attached hydrogen (secondary N) is 1. The zero-order valence-corrected chi connectivity index (χ0v) is 20.9. The van der Waals surface area contributed by atoms with Crippen molar-refractivity contribution < 1.29 is 22.7 Å². The number of hydrogen-bond donors (Lipinski definition) is 1. The van der Waals surface area contributed by atoms with E-state index in [4.69, 9.17) is 9.47 Å². The third-order valence-corrected chi connectivity index (χ3v) is 7.10. The van der Waals surface area contributed by atoms with E-state index in [1.165, 1.54) is 32.4 Å². The fourth-order valence-electron chi connectivity index (χ4n) is 3.61. The van der Waals surface area contributed by atoms with Crippen LogP contribution in [0.25, 0.3) is 0 Å². The molecule has 0 aliphatic heterocycles. The maximum atomic E-state index is 13.7. The lowest BCUT2D eigenvalue weighted by Crippen LogP contribution is -2.40. The van der Waals surface area contributed by atoms with Crippen molar-refractivity contribution in [2.24, 2.45) is 0 Å². The highest BCUT2D eigenvalue weighted by atomic mass is 32.2. The van der Waals surface area contributed by atoms with Gasteiger partial charge in [0, 0.05) is 12.6 Å². The summed E-state index contributed by atoms with van der Waals surface area (Å²) in [6.45, 7) is 5.69. The summed E-state index contributed by atoms with van der Waals surface area (Å²) < 4.78 is 39.1. The third kappa shape index (κ3) is 5.88. The molecule has 0 unspecified atom stereocenters. The normalized spacial score (nSPS) is 11.1. The van der Waals surface area contributed by atoms with Crippen molar-refractivity contribution in [2.75, 3.05) is 25.1 Å². The van der Waals surface area contributed by atoms with Gasteiger partial charge in [-0.05, 0) is 61.7 Å². The lowest BCUT2D eigenvalue weighted by Gasteiger charge is -2.25. The lowest BCUT2D eigenvalue weighted by molar-refractivity contribution is -0.119. The van der Waals surface area contributed by atoms with Crippen molar-refractivity contribution in [1.29, 1.82) is 0 Å². The fourth-order valence-corrected chi connectivity index (χ4v) is 5.03. The van der Waals surface area contributed by atoms with Crippen LogP contribution < -0.4 is 19.1 Å². The van der Waals surface area contributed by atoms with Gasteiger partial charge in [0.05, 0.1) is 24.8 Å². The first-order valence-electron chi connectivity index (χ1n) is 10.8. The highest BCUT2D eigenvalue weighted by Gasteiger charge is 2.28. The molecule has 0 fully saturated rings. The third-order valence-electron chi connectivity index (χ3n) is 5.33. The van der Waals surface area contributed by atoms with Gasteiger partial charge in [0.1, 0.15) is 6.54 Å².